The van der Waals surface area contributed by atoms with Gasteiger partial charge in [0, 0.05) is 5.92 Å². The lowest BCUT2D eigenvalue weighted by Gasteiger charge is -2.04. The first-order valence-corrected chi connectivity index (χ1v) is 4.97. The lowest BCUT2D eigenvalue weighted by Crippen LogP contribution is -2.13. The summed E-state index contributed by atoms with van der Waals surface area (Å²) in [4.78, 5) is 15.4. The monoisotopic (exact) mass is 210 g/mol. The third kappa shape index (κ3) is 2.04. The number of rotatable bonds is 2. The molecule has 1 heterocycles. The summed E-state index contributed by atoms with van der Waals surface area (Å²) in [5, 5.41) is 3.29. The molecule has 1 aliphatic rings. The van der Waals surface area contributed by atoms with Crippen molar-refractivity contribution < 1.29 is 4.79 Å². The van der Waals surface area contributed by atoms with Gasteiger partial charge in [-0.25, -0.2) is 4.98 Å². The Kier molecular flexibility index (Phi) is 2.42. The molecule has 14 heavy (non-hydrogen) atoms. The number of halogens is 1. The zero-order valence-corrected chi connectivity index (χ0v) is 8.64. The Balaban J connectivity index is 2.08. The Hall–Kier alpha value is -1.09. The largest absolute Gasteiger partial charge is 0.324 e. The van der Waals surface area contributed by atoms with Crippen LogP contribution in [0, 0.1) is 12.8 Å². The van der Waals surface area contributed by atoms with Gasteiger partial charge in [0.1, 0.15) is 5.15 Å². The Morgan fingerprint density at radius 3 is 2.93 bits per heavy atom. The van der Waals surface area contributed by atoms with Gasteiger partial charge in [0.2, 0.25) is 5.91 Å². The number of aryl methyl sites for hydroxylation is 1. The molecule has 1 fully saturated rings. The second-order valence-corrected chi connectivity index (χ2v) is 3.95. The molecular formula is C10H11ClN2O. The van der Waals surface area contributed by atoms with Crippen molar-refractivity contribution in [2.45, 2.75) is 19.8 Å². The van der Waals surface area contributed by atoms with Gasteiger partial charge in [-0.05, 0) is 31.4 Å². The molecule has 74 valence electrons. The first kappa shape index (κ1) is 9.46. The van der Waals surface area contributed by atoms with E-state index >= 15 is 0 Å². The number of amides is 1. The summed E-state index contributed by atoms with van der Waals surface area (Å²) in [6, 6.07) is 1.83. The highest BCUT2D eigenvalue weighted by atomic mass is 35.5. The molecule has 1 amide bonds. The summed E-state index contributed by atoms with van der Waals surface area (Å²) >= 11 is 5.77. The van der Waals surface area contributed by atoms with Crippen LogP contribution in [0.4, 0.5) is 5.69 Å². The van der Waals surface area contributed by atoms with Gasteiger partial charge >= 0.3 is 0 Å². The summed E-state index contributed by atoms with van der Waals surface area (Å²) in [6.07, 6.45) is 3.59. The van der Waals surface area contributed by atoms with Crippen molar-refractivity contribution >= 4 is 23.2 Å². The Bertz CT molecular complexity index is 374. The number of carbonyl (C=O) groups is 1. The fourth-order valence-corrected chi connectivity index (χ4v) is 1.32. The maximum absolute atomic E-state index is 11.4. The third-order valence-electron chi connectivity index (χ3n) is 2.23. The number of pyridine rings is 1. The van der Waals surface area contributed by atoms with Crippen molar-refractivity contribution in [2.24, 2.45) is 5.92 Å². The summed E-state index contributed by atoms with van der Waals surface area (Å²) < 4.78 is 0. The van der Waals surface area contributed by atoms with E-state index in [-0.39, 0.29) is 11.8 Å². The fourth-order valence-electron chi connectivity index (χ4n) is 1.22. The maximum atomic E-state index is 11.4. The van der Waals surface area contributed by atoms with Crippen LogP contribution in [0.1, 0.15) is 18.4 Å². The van der Waals surface area contributed by atoms with Crippen LogP contribution in [0.15, 0.2) is 12.3 Å². The minimum absolute atomic E-state index is 0.0912. The van der Waals surface area contributed by atoms with Crippen LogP contribution in [0.3, 0.4) is 0 Å². The van der Waals surface area contributed by atoms with Crippen molar-refractivity contribution in [3.05, 3.63) is 23.0 Å². The van der Waals surface area contributed by atoms with Crippen molar-refractivity contribution in [3.63, 3.8) is 0 Å². The second-order valence-electron chi connectivity index (χ2n) is 3.60. The molecule has 0 unspecified atom stereocenters. The summed E-state index contributed by atoms with van der Waals surface area (Å²) in [5.41, 5.74) is 1.60. The Morgan fingerprint density at radius 2 is 2.36 bits per heavy atom. The molecule has 0 radical (unpaired) electrons. The predicted octanol–water partition coefficient (Wildman–Crippen LogP) is 2.39. The van der Waals surface area contributed by atoms with Gasteiger partial charge in [-0.3, -0.25) is 4.79 Å². The van der Waals surface area contributed by atoms with Crippen LogP contribution in [0.25, 0.3) is 0 Å². The van der Waals surface area contributed by atoms with E-state index in [9.17, 15) is 4.79 Å². The standard InChI is InChI=1S/C10H11ClN2O/c1-6-4-8(5-12-9(6)11)13-10(14)7-2-3-7/h4-5,7H,2-3H2,1H3,(H,13,14). The molecule has 0 spiro atoms. The first-order valence-electron chi connectivity index (χ1n) is 4.60. The molecule has 0 aromatic carbocycles. The lowest BCUT2D eigenvalue weighted by atomic mass is 10.3. The molecular weight excluding hydrogens is 200 g/mol. The van der Waals surface area contributed by atoms with E-state index in [0.29, 0.717) is 5.15 Å². The van der Waals surface area contributed by atoms with Crippen molar-refractivity contribution in [1.29, 1.82) is 0 Å². The summed E-state index contributed by atoms with van der Waals surface area (Å²) in [5.74, 6) is 0.305. The molecule has 1 aromatic rings. The minimum Gasteiger partial charge on any atom is -0.324 e. The molecule has 0 aliphatic heterocycles. The average molecular weight is 211 g/mol. The molecule has 1 N–H and O–H groups in total. The SMILES string of the molecule is Cc1cc(NC(=O)C2CC2)cnc1Cl. The van der Waals surface area contributed by atoms with Crippen LogP contribution in [0.2, 0.25) is 5.15 Å². The third-order valence-corrected chi connectivity index (χ3v) is 2.63. The second kappa shape index (κ2) is 3.58. The zero-order valence-electron chi connectivity index (χ0n) is 7.88. The smallest absolute Gasteiger partial charge is 0.227 e. The highest BCUT2D eigenvalue weighted by molar-refractivity contribution is 6.30. The Labute approximate surface area is 87.5 Å². The van der Waals surface area contributed by atoms with E-state index in [4.69, 9.17) is 11.6 Å². The lowest BCUT2D eigenvalue weighted by molar-refractivity contribution is -0.117. The van der Waals surface area contributed by atoms with E-state index in [1.54, 1.807) is 6.20 Å². The molecule has 1 aromatic heterocycles. The van der Waals surface area contributed by atoms with Gasteiger partial charge < -0.3 is 5.32 Å². The molecule has 3 nitrogen and oxygen atoms in total. The predicted molar refractivity (Wildman–Crippen MR) is 55.3 cm³/mol. The van der Waals surface area contributed by atoms with E-state index in [0.717, 1.165) is 24.1 Å². The van der Waals surface area contributed by atoms with E-state index < -0.39 is 0 Å². The normalized spacial score (nSPS) is 15.3. The van der Waals surface area contributed by atoms with Gasteiger partial charge in [0.25, 0.3) is 0 Å². The number of nitrogens with zero attached hydrogens (tertiary/aromatic N) is 1. The summed E-state index contributed by atoms with van der Waals surface area (Å²) in [7, 11) is 0. The molecule has 0 saturated heterocycles. The summed E-state index contributed by atoms with van der Waals surface area (Å²) in [6.45, 7) is 1.86. The highest BCUT2D eigenvalue weighted by Crippen LogP contribution is 2.30. The average Bonchev–Trinajstić information content (AvgIpc) is 2.94. The quantitative estimate of drug-likeness (QED) is 0.762. The zero-order chi connectivity index (χ0) is 10.1. The van der Waals surface area contributed by atoms with Crippen LogP contribution in [-0.4, -0.2) is 10.9 Å². The van der Waals surface area contributed by atoms with Gasteiger partial charge in [0.15, 0.2) is 0 Å². The van der Waals surface area contributed by atoms with E-state index in [1.165, 1.54) is 0 Å². The van der Waals surface area contributed by atoms with Crippen LogP contribution in [0.5, 0.6) is 0 Å². The van der Waals surface area contributed by atoms with Gasteiger partial charge in [-0.2, -0.15) is 0 Å². The van der Waals surface area contributed by atoms with E-state index in [2.05, 4.69) is 10.3 Å². The van der Waals surface area contributed by atoms with Crippen LogP contribution >= 0.6 is 11.6 Å². The number of hydrogen-bond acceptors (Lipinski definition) is 2. The van der Waals surface area contributed by atoms with Crippen molar-refractivity contribution in [3.8, 4) is 0 Å². The fraction of sp³-hybridized carbons (Fsp3) is 0.400. The topological polar surface area (TPSA) is 42.0 Å². The van der Waals surface area contributed by atoms with Crippen LogP contribution in [-0.2, 0) is 4.79 Å². The van der Waals surface area contributed by atoms with Gasteiger partial charge in [-0.15, -0.1) is 0 Å². The first-order chi connectivity index (χ1) is 6.66. The maximum Gasteiger partial charge on any atom is 0.227 e. The number of nitrogens with one attached hydrogen (secondary N) is 1. The molecule has 4 heteroatoms. The highest BCUT2D eigenvalue weighted by Gasteiger charge is 2.29. The van der Waals surface area contributed by atoms with Crippen molar-refractivity contribution in [2.75, 3.05) is 5.32 Å². The molecule has 1 saturated carbocycles. The minimum atomic E-state index is 0.0912. The number of hydrogen-bond donors (Lipinski definition) is 1. The van der Waals surface area contributed by atoms with Gasteiger partial charge in [-0.1, -0.05) is 11.6 Å². The van der Waals surface area contributed by atoms with Crippen LogP contribution < -0.4 is 5.32 Å². The Morgan fingerprint density at radius 1 is 1.64 bits per heavy atom. The number of anilines is 1. The molecule has 2 rings (SSSR count). The van der Waals surface area contributed by atoms with Crippen molar-refractivity contribution in [1.82, 2.24) is 4.98 Å². The number of carbonyl (C=O) groups excluding carboxylic acids is 1. The number of aromatic nitrogens is 1. The molecule has 0 bridgehead atoms. The van der Waals surface area contributed by atoms with Gasteiger partial charge in [0.05, 0.1) is 11.9 Å². The molecule has 0 atom stereocenters. The van der Waals surface area contributed by atoms with E-state index in [1.807, 2.05) is 13.0 Å². The molecule has 1 aliphatic carbocycles.